The van der Waals surface area contributed by atoms with Crippen molar-refractivity contribution >= 4 is 5.97 Å². The molecule has 1 rings (SSSR count). The Morgan fingerprint density at radius 3 is 2.40 bits per heavy atom. The van der Waals surface area contributed by atoms with Crippen LogP contribution in [0.25, 0.3) is 0 Å². The van der Waals surface area contributed by atoms with Gasteiger partial charge in [-0.2, -0.15) is 0 Å². The van der Waals surface area contributed by atoms with E-state index in [2.05, 4.69) is 4.74 Å². The number of carbonyl (C=O) groups is 1. The van der Waals surface area contributed by atoms with E-state index < -0.39 is 0 Å². The van der Waals surface area contributed by atoms with Crippen molar-refractivity contribution < 1.29 is 9.53 Å². The summed E-state index contributed by atoms with van der Waals surface area (Å²) in [5.74, 6) is -0.122. The predicted molar refractivity (Wildman–Crippen MR) is 58.5 cm³/mol. The van der Waals surface area contributed by atoms with Crippen LogP contribution in [0, 0.1) is 0 Å². The van der Waals surface area contributed by atoms with Crippen LogP contribution in [-0.4, -0.2) is 13.1 Å². The SMILES string of the molecule is COC(=O)CCCCCCCc1cc1=O. The van der Waals surface area contributed by atoms with Crippen molar-refractivity contribution in [1.82, 2.24) is 0 Å². The zero-order valence-corrected chi connectivity index (χ0v) is 9.25. The third kappa shape index (κ3) is 5.35. The van der Waals surface area contributed by atoms with Gasteiger partial charge in [-0.1, -0.05) is 19.3 Å². The van der Waals surface area contributed by atoms with Crippen molar-refractivity contribution in [2.75, 3.05) is 7.11 Å². The molecular weight excluding hydrogens is 192 g/mol. The lowest BCUT2D eigenvalue weighted by atomic mass is 10.1. The number of hydrogen-bond donors (Lipinski definition) is 0. The molecule has 0 bridgehead atoms. The number of esters is 1. The van der Waals surface area contributed by atoms with Gasteiger partial charge in [-0.25, -0.2) is 0 Å². The van der Waals surface area contributed by atoms with Gasteiger partial charge in [0.2, 0.25) is 0 Å². The minimum Gasteiger partial charge on any atom is -0.469 e. The minimum atomic E-state index is -0.122. The molecule has 0 aromatic heterocycles. The van der Waals surface area contributed by atoms with E-state index in [4.69, 9.17) is 0 Å². The van der Waals surface area contributed by atoms with Gasteiger partial charge in [-0.3, -0.25) is 9.59 Å². The van der Waals surface area contributed by atoms with Crippen LogP contribution in [0.4, 0.5) is 0 Å². The summed E-state index contributed by atoms with van der Waals surface area (Å²) in [7, 11) is 1.42. The molecule has 0 spiro atoms. The van der Waals surface area contributed by atoms with Crippen molar-refractivity contribution in [2.45, 2.75) is 44.9 Å². The van der Waals surface area contributed by atoms with E-state index in [0.717, 1.165) is 44.1 Å². The molecule has 0 atom stereocenters. The molecule has 0 unspecified atom stereocenters. The summed E-state index contributed by atoms with van der Waals surface area (Å²) in [5, 5.41) is 0. The number of unbranched alkanes of at least 4 members (excludes halogenated alkanes) is 4. The maximum atomic E-state index is 10.8. The summed E-state index contributed by atoms with van der Waals surface area (Å²) in [4.78, 5) is 21.4. The summed E-state index contributed by atoms with van der Waals surface area (Å²) < 4.78 is 4.55. The Labute approximate surface area is 90.1 Å². The van der Waals surface area contributed by atoms with E-state index in [1.807, 2.05) is 0 Å². The maximum absolute atomic E-state index is 10.8. The van der Waals surface area contributed by atoms with Crippen LogP contribution < -0.4 is 5.43 Å². The standard InChI is InChI=1S/C12H18O3/c1-15-12(14)8-6-4-2-3-5-7-10-9-11(10)13/h9H,2-8H2,1H3. The normalized spacial score (nSPS) is 10.7. The maximum Gasteiger partial charge on any atom is 0.305 e. The first-order chi connectivity index (χ1) is 7.24. The molecule has 0 saturated heterocycles. The van der Waals surface area contributed by atoms with E-state index in [0.29, 0.717) is 6.42 Å². The van der Waals surface area contributed by atoms with Crippen LogP contribution in [0.2, 0.25) is 0 Å². The number of carbonyl (C=O) groups excluding carboxylic acids is 1. The van der Waals surface area contributed by atoms with Crippen molar-refractivity contribution in [3.8, 4) is 0 Å². The zero-order valence-electron chi connectivity index (χ0n) is 9.25. The molecule has 1 aromatic rings. The Kier molecular flexibility index (Phi) is 5.08. The molecule has 0 amide bonds. The van der Waals surface area contributed by atoms with Gasteiger partial charge in [0.25, 0.3) is 0 Å². The molecule has 0 heterocycles. The lowest BCUT2D eigenvalue weighted by Crippen LogP contribution is -1.99. The Hall–Kier alpha value is -1.12. The highest BCUT2D eigenvalue weighted by molar-refractivity contribution is 5.68. The van der Waals surface area contributed by atoms with Gasteiger partial charge in [-0.15, -0.1) is 0 Å². The molecule has 3 nitrogen and oxygen atoms in total. The molecule has 0 N–H and O–H groups in total. The van der Waals surface area contributed by atoms with E-state index in [1.165, 1.54) is 7.11 Å². The van der Waals surface area contributed by atoms with Crippen LogP contribution >= 0.6 is 0 Å². The van der Waals surface area contributed by atoms with Crippen LogP contribution in [0.3, 0.4) is 0 Å². The third-order valence-electron chi connectivity index (χ3n) is 2.59. The summed E-state index contributed by atoms with van der Waals surface area (Å²) >= 11 is 0. The van der Waals surface area contributed by atoms with Gasteiger partial charge >= 0.3 is 5.97 Å². The van der Waals surface area contributed by atoms with E-state index in [1.54, 1.807) is 6.07 Å². The largest absolute Gasteiger partial charge is 0.469 e. The topological polar surface area (TPSA) is 43.4 Å². The van der Waals surface area contributed by atoms with E-state index in [-0.39, 0.29) is 11.4 Å². The number of methoxy groups -OCH3 is 1. The van der Waals surface area contributed by atoms with E-state index >= 15 is 0 Å². The zero-order chi connectivity index (χ0) is 11.1. The first-order valence-electron chi connectivity index (χ1n) is 5.56. The van der Waals surface area contributed by atoms with Gasteiger partial charge in [-0.05, 0) is 25.3 Å². The molecule has 0 aliphatic rings. The molecular formula is C12H18O3. The lowest BCUT2D eigenvalue weighted by Gasteiger charge is -1.99. The first-order valence-corrected chi connectivity index (χ1v) is 5.56. The molecule has 0 radical (unpaired) electrons. The lowest BCUT2D eigenvalue weighted by molar-refractivity contribution is -0.140. The summed E-state index contributed by atoms with van der Waals surface area (Å²) in [6, 6.07) is 1.71. The highest BCUT2D eigenvalue weighted by atomic mass is 16.5. The molecule has 3 heteroatoms. The van der Waals surface area contributed by atoms with Crippen LogP contribution in [0.15, 0.2) is 10.9 Å². The average molecular weight is 210 g/mol. The Balaban J connectivity index is 1.81. The van der Waals surface area contributed by atoms with Crippen molar-refractivity contribution in [3.63, 3.8) is 0 Å². The number of hydrogen-bond acceptors (Lipinski definition) is 3. The molecule has 0 fully saturated rings. The number of aryl methyl sites for hydroxylation is 1. The van der Waals surface area contributed by atoms with Gasteiger partial charge < -0.3 is 4.74 Å². The van der Waals surface area contributed by atoms with Crippen molar-refractivity contribution in [2.24, 2.45) is 0 Å². The fourth-order valence-electron chi connectivity index (χ4n) is 1.53. The van der Waals surface area contributed by atoms with Gasteiger partial charge in [0.15, 0.2) is 5.43 Å². The molecule has 0 aliphatic carbocycles. The number of rotatable bonds is 8. The summed E-state index contributed by atoms with van der Waals surface area (Å²) in [6.07, 6.45) is 6.83. The van der Waals surface area contributed by atoms with Crippen LogP contribution in [-0.2, 0) is 16.0 Å². The Morgan fingerprint density at radius 1 is 1.20 bits per heavy atom. The third-order valence-corrected chi connectivity index (χ3v) is 2.59. The minimum absolute atomic E-state index is 0.122. The van der Waals surface area contributed by atoms with Gasteiger partial charge in [0, 0.05) is 12.0 Å². The monoisotopic (exact) mass is 210 g/mol. The molecule has 1 aromatic carbocycles. The average Bonchev–Trinajstić information content (AvgIpc) is 2.93. The second-order valence-corrected chi connectivity index (χ2v) is 3.88. The van der Waals surface area contributed by atoms with Crippen LogP contribution in [0.5, 0.6) is 0 Å². The number of ether oxygens (including phenoxy) is 1. The smallest absolute Gasteiger partial charge is 0.305 e. The summed E-state index contributed by atoms with van der Waals surface area (Å²) in [6.45, 7) is 0. The molecule has 84 valence electrons. The van der Waals surface area contributed by atoms with E-state index in [9.17, 15) is 9.59 Å². The fraction of sp³-hybridized carbons (Fsp3) is 0.667. The van der Waals surface area contributed by atoms with Gasteiger partial charge in [0.05, 0.1) is 7.11 Å². The highest BCUT2D eigenvalue weighted by Gasteiger charge is 2.06. The fourth-order valence-corrected chi connectivity index (χ4v) is 1.53. The Bertz CT molecular complexity index is 308. The quantitative estimate of drug-likeness (QED) is 0.486. The van der Waals surface area contributed by atoms with Crippen molar-refractivity contribution in [1.29, 1.82) is 0 Å². The Morgan fingerprint density at radius 2 is 1.80 bits per heavy atom. The molecule has 0 saturated carbocycles. The van der Waals surface area contributed by atoms with Crippen molar-refractivity contribution in [3.05, 3.63) is 21.9 Å². The summed E-state index contributed by atoms with van der Waals surface area (Å²) in [5.41, 5.74) is 1.24. The first kappa shape index (κ1) is 12.0. The highest BCUT2D eigenvalue weighted by Crippen LogP contribution is 2.09. The predicted octanol–water partition coefficient (Wildman–Crippen LogP) is 1.98. The molecule has 0 aliphatic heterocycles. The van der Waals surface area contributed by atoms with Crippen LogP contribution in [0.1, 0.15) is 44.1 Å². The molecule has 15 heavy (non-hydrogen) atoms. The second kappa shape index (κ2) is 6.38. The second-order valence-electron chi connectivity index (χ2n) is 3.88. The van der Waals surface area contributed by atoms with Gasteiger partial charge in [0.1, 0.15) is 0 Å².